The number of halogens is 1. The first-order chi connectivity index (χ1) is 4.31. The lowest BCUT2D eigenvalue weighted by molar-refractivity contribution is 0.294. The van der Waals surface area contributed by atoms with Crippen LogP contribution in [0.25, 0.3) is 0 Å². The van der Waals surface area contributed by atoms with Crippen molar-refractivity contribution >= 4 is 11.6 Å². The summed E-state index contributed by atoms with van der Waals surface area (Å²) in [4.78, 5) is 0. The molecule has 0 aromatic heterocycles. The highest BCUT2D eigenvalue weighted by Crippen LogP contribution is 1.90. The van der Waals surface area contributed by atoms with Crippen LogP contribution in [0.2, 0.25) is 0 Å². The topological polar surface area (TPSA) is 32.3 Å². The van der Waals surface area contributed by atoms with Gasteiger partial charge >= 0.3 is 0 Å². The molecule has 0 saturated heterocycles. The van der Waals surface area contributed by atoms with Crippen molar-refractivity contribution in [2.45, 2.75) is 6.92 Å². The number of rotatable bonds is 4. The molecule has 0 unspecified atom stereocenters. The SMILES string of the molecule is C/C(=C\Cl)CNCCO. The average Bonchev–Trinajstić information content (AvgIpc) is 1.89. The van der Waals surface area contributed by atoms with Crippen LogP contribution in [0, 0.1) is 0 Å². The number of hydrogen-bond donors (Lipinski definition) is 2. The molecule has 0 amide bonds. The molecule has 2 N–H and O–H groups in total. The first-order valence-electron chi connectivity index (χ1n) is 2.88. The number of nitrogens with one attached hydrogen (secondary N) is 1. The van der Waals surface area contributed by atoms with Gasteiger partial charge in [-0.3, -0.25) is 0 Å². The van der Waals surface area contributed by atoms with Gasteiger partial charge in [-0.05, 0) is 12.5 Å². The molecule has 0 atom stereocenters. The number of aliphatic hydroxyl groups is 1. The molecular weight excluding hydrogens is 138 g/mol. The summed E-state index contributed by atoms with van der Waals surface area (Å²) in [5.74, 6) is 0. The summed E-state index contributed by atoms with van der Waals surface area (Å²) in [6, 6.07) is 0. The van der Waals surface area contributed by atoms with Crippen molar-refractivity contribution in [2.75, 3.05) is 19.7 Å². The van der Waals surface area contributed by atoms with Crippen molar-refractivity contribution in [1.82, 2.24) is 5.32 Å². The van der Waals surface area contributed by atoms with E-state index in [1.165, 1.54) is 5.54 Å². The van der Waals surface area contributed by atoms with E-state index in [9.17, 15) is 0 Å². The maximum Gasteiger partial charge on any atom is 0.0556 e. The molecule has 0 aliphatic rings. The Morgan fingerprint density at radius 1 is 1.78 bits per heavy atom. The minimum absolute atomic E-state index is 0.176. The van der Waals surface area contributed by atoms with Gasteiger partial charge in [-0.15, -0.1) is 0 Å². The van der Waals surface area contributed by atoms with Gasteiger partial charge in [-0.2, -0.15) is 0 Å². The lowest BCUT2D eigenvalue weighted by Crippen LogP contribution is -2.19. The molecule has 0 rings (SSSR count). The van der Waals surface area contributed by atoms with Crippen LogP contribution in [0.4, 0.5) is 0 Å². The van der Waals surface area contributed by atoms with Crippen LogP contribution in [0.5, 0.6) is 0 Å². The lowest BCUT2D eigenvalue weighted by atomic mass is 10.3. The Kier molecular flexibility index (Phi) is 6.04. The third-order valence-corrected chi connectivity index (χ3v) is 1.25. The molecule has 0 aliphatic carbocycles. The zero-order chi connectivity index (χ0) is 7.11. The van der Waals surface area contributed by atoms with E-state index in [-0.39, 0.29) is 6.61 Å². The summed E-state index contributed by atoms with van der Waals surface area (Å²) >= 11 is 5.37. The average molecular weight is 150 g/mol. The first kappa shape index (κ1) is 8.95. The van der Waals surface area contributed by atoms with E-state index in [1.807, 2.05) is 6.92 Å². The van der Waals surface area contributed by atoms with E-state index in [0.717, 1.165) is 12.1 Å². The molecule has 2 nitrogen and oxygen atoms in total. The first-order valence-corrected chi connectivity index (χ1v) is 3.32. The fourth-order valence-electron chi connectivity index (χ4n) is 0.403. The quantitative estimate of drug-likeness (QED) is 0.578. The summed E-state index contributed by atoms with van der Waals surface area (Å²) in [5.41, 5.74) is 2.61. The molecule has 0 aliphatic heterocycles. The van der Waals surface area contributed by atoms with Crippen LogP contribution in [0.3, 0.4) is 0 Å². The highest BCUT2D eigenvalue weighted by molar-refractivity contribution is 6.25. The van der Waals surface area contributed by atoms with Crippen LogP contribution in [0.15, 0.2) is 11.1 Å². The largest absolute Gasteiger partial charge is 0.395 e. The minimum atomic E-state index is 0.176. The molecule has 0 bridgehead atoms. The van der Waals surface area contributed by atoms with Gasteiger partial charge in [0.05, 0.1) is 6.61 Å². The number of hydrogen-bond acceptors (Lipinski definition) is 2. The lowest BCUT2D eigenvalue weighted by Gasteiger charge is -1.99. The Hall–Kier alpha value is -0.0500. The van der Waals surface area contributed by atoms with E-state index in [0.29, 0.717) is 6.54 Å². The second-order valence-corrected chi connectivity index (χ2v) is 2.07. The monoisotopic (exact) mass is 149 g/mol. The van der Waals surface area contributed by atoms with Crippen molar-refractivity contribution in [3.05, 3.63) is 11.1 Å². The fourth-order valence-corrected chi connectivity index (χ4v) is 0.480. The van der Waals surface area contributed by atoms with Crippen LogP contribution in [0.1, 0.15) is 6.92 Å². The van der Waals surface area contributed by atoms with E-state index in [2.05, 4.69) is 5.32 Å². The highest BCUT2D eigenvalue weighted by Gasteiger charge is 1.85. The predicted molar refractivity (Wildman–Crippen MR) is 39.6 cm³/mol. The molecule has 0 fully saturated rings. The second kappa shape index (κ2) is 6.08. The normalized spacial score (nSPS) is 12.1. The predicted octanol–water partition coefficient (Wildman–Crippen LogP) is 0.711. The smallest absolute Gasteiger partial charge is 0.0556 e. The molecule has 0 saturated carbocycles. The maximum absolute atomic E-state index is 8.34. The molecule has 0 radical (unpaired) electrons. The van der Waals surface area contributed by atoms with Gasteiger partial charge in [-0.25, -0.2) is 0 Å². The van der Waals surface area contributed by atoms with Gasteiger partial charge in [0.1, 0.15) is 0 Å². The molecule has 0 aromatic carbocycles. The molecule has 3 heteroatoms. The summed E-state index contributed by atoms with van der Waals surface area (Å²) in [6.45, 7) is 3.49. The Morgan fingerprint density at radius 3 is 2.89 bits per heavy atom. The van der Waals surface area contributed by atoms with Gasteiger partial charge in [-0.1, -0.05) is 11.6 Å². The molecule has 0 aromatic rings. The Balaban J connectivity index is 3.07. The van der Waals surface area contributed by atoms with Crippen molar-refractivity contribution in [2.24, 2.45) is 0 Å². The van der Waals surface area contributed by atoms with E-state index in [4.69, 9.17) is 16.7 Å². The fraction of sp³-hybridized carbons (Fsp3) is 0.667. The van der Waals surface area contributed by atoms with Crippen LogP contribution >= 0.6 is 11.6 Å². The molecular formula is C6H12ClNO. The van der Waals surface area contributed by atoms with Gasteiger partial charge in [0, 0.05) is 18.6 Å². The van der Waals surface area contributed by atoms with Crippen molar-refractivity contribution in [1.29, 1.82) is 0 Å². The summed E-state index contributed by atoms with van der Waals surface area (Å²) in [6.07, 6.45) is 0. The van der Waals surface area contributed by atoms with E-state index in [1.54, 1.807) is 0 Å². The zero-order valence-corrected chi connectivity index (χ0v) is 6.28. The van der Waals surface area contributed by atoms with Crippen molar-refractivity contribution in [3.8, 4) is 0 Å². The Labute approximate surface area is 60.5 Å². The van der Waals surface area contributed by atoms with Crippen molar-refractivity contribution in [3.63, 3.8) is 0 Å². The van der Waals surface area contributed by atoms with Gasteiger partial charge in [0.15, 0.2) is 0 Å². The summed E-state index contributed by atoms with van der Waals surface area (Å²) in [7, 11) is 0. The Morgan fingerprint density at radius 2 is 2.44 bits per heavy atom. The van der Waals surface area contributed by atoms with Crippen LogP contribution < -0.4 is 5.32 Å². The van der Waals surface area contributed by atoms with Gasteiger partial charge in [0.2, 0.25) is 0 Å². The zero-order valence-electron chi connectivity index (χ0n) is 5.52. The molecule has 0 heterocycles. The molecule has 54 valence electrons. The van der Waals surface area contributed by atoms with E-state index >= 15 is 0 Å². The maximum atomic E-state index is 8.34. The highest BCUT2D eigenvalue weighted by atomic mass is 35.5. The standard InChI is InChI=1S/C6H12ClNO/c1-6(4-7)5-8-2-3-9/h4,8-9H,2-3,5H2,1H3/b6-4+. The third kappa shape index (κ3) is 5.83. The molecule has 9 heavy (non-hydrogen) atoms. The second-order valence-electron chi connectivity index (χ2n) is 1.86. The third-order valence-electron chi connectivity index (χ3n) is 0.879. The van der Waals surface area contributed by atoms with Crippen LogP contribution in [-0.2, 0) is 0 Å². The van der Waals surface area contributed by atoms with Crippen LogP contribution in [-0.4, -0.2) is 24.8 Å². The van der Waals surface area contributed by atoms with Gasteiger partial charge in [0.25, 0.3) is 0 Å². The molecule has 0 spiro atoms. The van der Waals surface area contributed by atoms with E-state index < -0.39 is 0 Å². The Bertz CT molecular complexity index is 93.1. The summed E-state index contributed by atoms with van der Waals surface area (Å²) < 4.78 is 0. The number of aliphatic hydroxyl groups excluding tert-OH is 1. The minimum Gasteiger partial charge on any atom is -0.395 e. The van der Waals surface area contributed by atoms with Gasteiger partial charge < -0.3 is 10.4 Å². The summed E-state index contributed by atoms with van der Waals surface area (Å²) in [5, 5.41) is 11.3. The van der Waals surface area contributed by atoms with Crippen molar-refractivity contribution < 1.29 is 5.11 Å².